The van der Waals surface area contributed by atoms with E-state index in [1.165, 1.54) is 13.3 Å². The summed E-state index contributed by atoms with van der Waals surface area (Å²) < 4.78 is 4.95. The van der Waals surface area contributed by atoms with Crippen LogP contribution in [0.25, 0.3) is 11.0 Å². The molecule has 110 valence electrons. The number of methoxy groups -OCH3 is 1. The van der Waals surface area contributed by atoms with Crippen molar-refractivity contribution in [2.45, 2.75) is 0 Å². The van der Waals surface area contributed by atoms with Gasteiger partial charge in [-0.25, -0.2) is 15.0 Å². The monoisotopic (exact) mass is 314 g/mol. The van der Waals surface area contributed by atoms with E-state index in [0.717, 1.165) is 5.39 Å². The van der Waals surface area contributed by atoms with Gasteiger partial charge in [-0.2, -0.15) is 0 Å². The van der Waals surface area contributed by atoms with Crippen LogP contribution < -0.4 is 10.1 Å². The Hall–Kier alpha value is -2.73. The number of aromatic nitrogens is 3. The Bertz CT molecular complexity index is 837. The zero-order chi connectivity index (χ0) is 15.5. The third-order valence-corrected chi connectivity index (χ3v) is 3.18. The van der Waals surface area contributed by atoms with Gasteiger partial charge in [0.05, 0.1) is 12.7 Å². The third kappa shape index (κ3) is 2.96. The lowest BCUT2D eigenvalue weighted by Gasteiger charge is -2.06. The van der Waals surface area contributed by atoms with Crippen molar-refractivity contribution in [2.75, 3.05) is 12.4 Å². The molecular weight excluding hydrogens is 304 g/mol. The lowest BCUT2D eigenvalue weighted by atomic mass is 10.2. The number of halogens is 1. The van der Waals surface area contributed by atoms with Gasteiger partial charge in [0.25, 0.3) is 5.91 Å². The average Bonchev–Trinajstić information content (AvgIpc) is 2.54. The predicted octanol–water partition coefficient (Wildman–Crippen LogP) is 2.94. The SMILES string of the molecule is COc1ccc(C(=O)Nc2ccc3ccc(Cl)nc3n2)cn1. The molecule has 0 atom stereocenters. The van der Waals surface area contributed by atoms with Crippen molar-refractivity contribution in [1.82, 2.24) is 15.0 Å². The van der Waals surface area contributed by atoms with Gasteiger partial charge in [0.1, 0.15) is 11.0 Å². The molecule has 3 rings (SSSR count). The first-order chi connectivity index (χ1) is 10.7. The number of hydrogen-bond donors (Lipinski definition) is 1. The summed E-state index contributed by atoms with van der Waals surface area (Å²) in [7, 11) is 1.51. The number of rotatable bonds is 3. The molecule has 0 aromatic carbocycles. The lowest BCUT2D eigenvalue weighted by Crippen LogP contribution is -2.13. The van der Waals surface area contributed by atoms with Crippen molar-refractivity contribution in [1.29, 1.82) is 0 Å². The van der Waals surface area contributed by atoms with Crippen LogP contribution in [0.4, 0.5) is 5.82 Å². The number of ether oxygens (including phenoxy) is 1. The molecule has 6 nitrogen and oxygen atoms in total. The van der Waals surface area contributed by atoms with E-state index in [-0.39, 0.29) is 5.91 Å². The largest absolute Gasteiger partial charge is 0.481 e. The molecule has 0 saturated heterocycles. The number of carbonyl (C=O) groups excluding carboxylic acids is 1. The Morgan fingerprint density at radius 2 is 1.95 bits per heavy atom. The Morgan fingerprint density at radius 3 is 2.68 bits per heavy atom. The van der Waals surface area contributed by atoms with Crippen LogP contribution in [0.1, 0.15) is 10.4 Å². The first-order valence-corrected chi connectivity index (χ1v) is 6.78. The standard InChI is InChI=1S/C15H11ClN4O2/c1-22-13-7-4-10(8-17-13)15(21)20-12-6-3-9-2-5-11(16)18-14(9)19-12/h2-8H,1H3,(H,18,19,20,21). The van der Waals surface area contributed by atoms with Crippen LogP contribution in [0.2, 0.25) is 5.15 Å². The fraction of sp³-hybridized carbons (Fsp3) is 0.0667. The van der Waals surface area contributed by atoms with E-state index in [9.17, 15) is 4.79 Å². The third-order valence-electron chi connectivity index (χ3n) is 2.97. The van der Waals surface area contributed by atoms with E-state index in [1.54, 1.807) is 24.3 Å². The molecule has 0 aliphatic heterocycles. The van der Waals surface area contributed by atoms with E-state index in [2.05, 4.69) is 20.3 Å². The van der Waals surface area contributed by atoms with E-state index in [4.69, 9.17) is 16.3 Å². The second-order valence-electron chi connectivity index (χ2n) is 4.42. The van der Waals surface area contributed by atoms with Crippen LogP contribution in [-0.4, -0.2) is 28.0 Å². The molecule has 3 aromatic rings. The van der Waals surface area contributed by atoms with Gasteiger partial charge >= 0.3 is 0 Å². The summed E-state index contributed by atoms with van der Waals surface area (Å²) in [5.74, 6) is 0.520. The van der Waals surface area contributed by atoms with E-state index in [1.807, 2.05) is 12.1 Å². The molecule has 0 bridgehead atoms. The molecule has 0 saturated carbocycles. The van der Waals surface area contributed by atoms with Crippen LogP contribution in [0, 0.1) is 0 Å². The summed E-state index contributed by atoms with van der Waals surface area (Å²) in [6, 6.07) is 10.3. The fourth-order valence-corrected chi connectivity index (χ4v) is 2.01. The summed E-state index contributed by atoms with van der Waals surface area (Å²) in [5, 5.41) is 3.88. The van der Waals surface area contributed by atoms with Gasteiger partial charge in [-0.15, -0.1) is 0 Å². The normalized spacial score (nSPS) is 10.5. The second-order valence-corrected chi connectivity index (χ2v) is 4.81. The number of anilines is 1. The molecule has 0 radical (unpaired) electrons. The Labute approximate surface area is 131 Å². The molecule has 22 heavy (non-hydrogen) atoms. The van der Waals surface area contributed by atoms with Crippen LogP contribution >= 0.6 is 11.6 Å². The van der Waals surface area contributed by atoms with Gasteiger partial charge in [0, 0.05) is 17.6 Å². The molecule has 0 fully saturated rings. The van der Waals surface area contributed by atoms with Crippen molar-refractivity contribution in [3.8, 4) is 5.88 Å². The Morgan fingerprint density at radius 1 is 1.14 bits per heavy atom. The second kappa shape index (κ2) is 5.95. The number of hydrogen-bond acceptors (Lipinski definition) is 5. The minimum Gasteiger partial charge on any atom is -0.481 e. The maximum Gasteiger partial charge on any atom is 0.258 e. The number of nitrogens with one attached hydrogen (secondary N) is 1. The highest BCUT2D eigenvalue weighted by atomic mass is 35.5. The molecule has 3 heterocycles. The fourth-order valence-electron chi connectivity index (χ4n) is 1.87. The van der Waals surface area contributed by atoms with E-state index >= 15 is 0 Å². The summed E-state index contributed by atoms with van der Waals surface area (Å²) >= 11 is 5.84. The van der Waals surface area contributed by atoms with Gasteiger partial charge in [-0.3, -0.25) is 4.79 Å². The Kier molecular flexibility index (Phi) is 3.84. The summed E-state index contributed by atoms with van der Waals surface area (Å²) in [4.78, 5) is 24.5. The average molecular weight is 315 g/mol. The van der Waals surface area contributed by atoms with Gasteiger partial charge in [-0.1, -0.05) is 11.6 Å². The van der Waals surface area contributed by atoms with Gasteiger partial charge < -0.3 is 10.1 Å². The van der Waals surface area contributed by atoms with Crippen molar-refractivity contribution >= 4 is 34.4 Å². The van der Waals surface area contributed by atoms with E-state index < -0.39 is 0 Å². The maximum absolute atomic E-state index is 12.1. The summed E-state index contributed by atoms with van der Waals surface area (Å²) in [6.07, 6.45) is 1.43. The minimum atomic E-state index is -0.316. The first-order valence-electron chi connectivity index (χ1n) is 6.40. The first kappa shape index (κ1) is 14.2. The number of pyridine rings is 3. The van der Waals surface area contributed by atoms with Crippen molar-refractivity contribution in [3.05, 3.63) is 53.3 Å². The zero-order valence-electron chi connectivity index (χ0n) is 11.6. The van der Waals surface area contributed by atoms with Crippen LogP contribution in [0.3, 0.4) is 0 Å². The smallest absolute Gasteiger partial charge is 0.258 e. The molecule has 1 N–H and O–H groups in total. The molecule has 7 heteroatoms. The molecule has 0 aliphatic carbocycles. The van der Waals surface area contributed by atoms with Crippen LogP contribution in [0.5, 0.6) is 5.88 Å². The number of amides is 1. The van der Waals surface area contributed by atoms with Crippen molar-refractivity contribution < 1.29 is 9.53 Å². The topological polar surface area (TPSA) is 77.0 Å². The molecule has 0 spiro atoms. The number of nitrogens with zero attached hydrogens (tertiary/aromatic N) is 3. The highest BCUT2D eigenvalue weighted by Gasteiger charge is 2.08. The highest BCUT2D eigenvalue weighted by molar-refractivity contribution is 6.29. The molecule has 0 unspecified atom stereocenters. The highest BCUT2D eigenvalue weighted by Crippen LogP contribution is 2.17. The van der Waals surface area contributed by atoms with Crippen molar-refractivity contribution in [3.63, 3.8) is 0 Å². The Balaban J connectivity index is 1.83. The maximum atomic E-state index is 12.1. The van der Waals surface area contributed by atoms with Gasteiger partial charge in [-0.05, 0) is 30.3 Å². The molecule has 1 amide bonds. The number of fused-ring (bicyclic) bond motifs is 1. The van der Waals surface area contributed by atoms with Crippen LogP contribution in [-0.2, 0) is 0 Å². The summed E-state index contributed by atoms with van der Waals surface area (Å²) in [5.41, 5.74) is 0.875. The van der Waals surface area contributed by atoms with Gasteiger partial charge in [0.15, 0.2) is 5.65 Å². The van der Waals surface area contributed by atoms with Crippen LogP contribution in [0.15, 0.2) is 42.6 Å². The summed E-state index contributed by atoms with van der Waals surface area (Å²) in [6.45, 7) is 0. The minimum absolute atomic E-state index is 0.316. The van der Waals surface area contributed by atoms with Gasteiger partial charge in [0.2, 0.25) is 5.88 Å². The predicted molar refractivity (Wildman–Crippen MR) is 83.3 cm³/mol. The zero-order valence-corrected chi connectivity index (χ0v) is 12.3. The molecule has 3 aromatic heterocycles. The van der Waals surface area contributed by atoms with E-state index in [0.29, 0.717) is 28.1 Å². The van der Waals surface area contributed by atoms with Crippen molar-refractivity contribution in [2.24, 2.45) is 0 Å². The molecule has 0 aliphatic rings. The quantitative estimate of drug-likeness (QED) is 0.752. The lowest BCUT2D eigenvalue weighted by molar-refractivity contribution is 0.102. The number of carbonyl (C=O) groups is 1. The molecular formula is C15H11ClN4O2.